The summed E-state index contributed by atoms with van der Waals surface area (Å²) in [7, 11) is 1.72. The molecule has 0 atom stereocenters. The van der Waals surface area contributed by atoms with Gasteiger partial charge in [-0.1, -0.05) is 0 Å². The van der Waals surface area contributed by atoms with Crippen LogP contribution in [0.3, 0.4) is 0 Å². The Bertz CT molecular complexity index is 426. The summed E-state index contributed by atoms with van der Waals surface area (Å²) in [5, 5.41) is 5.82. The Balaban J connectivity index is 2.22. The predicted octanol–water partition coefficient (Wildman–Crippen LogP) is 0.988. The third-order valence-electron chi connectivity index (χ3n) is 2.89. The first-order valence-electron chi connectivity index (χ1n) is 5.30. The van der Waals surface area contributed by atoms with Gasteiger partial charge < -0.3 is 16.4 Å². The first-order valence-corrected chi connectivity index (χ1v) is 5.30. The zero-order valence-electron chi connectivity index (χ0n) is 9.50. The molecule has 1 amide bonds. The van der Waals surface area contributed by atoms with E-state index in [-0.39, 0.29) is 11.4 Å². The maximum atomic E-state index is 11.9. The second-order valence-corrected chi connectivity index (χ2v) is 4.39. The topological polar surface area (TPSA) is 80.0 Å². The van der Waals surface area contributed by atoms with Crippen LogP contribution < -0.4 is 16.4 Å². The summed E-state index contributed by atoms with van der Waals surface area (Å²) in [6, 6.07) is 1.64. The number of aromatic nitrogens is 1. The average molecular weight is 220 g/mol. The Morgan fingerprint density at radius 3 is 2.81 bits per heavy atom. The van der Waals surface area contributed by atoms with Gasteiger partial charge in [-0.25, -0.2) is 4.98 Å². The Labute approximate surface area is 94.4 Å². The second kappa shape index (κ2) is 3.66. The lowest BCUT2D eigenvalue weighted by molar-refractivity contribution is 0.0936. The molecule has 86 valence electrons. The molecule has 2 rings (SSSR count). The van der Waals surface area contributed by atoms with Crippen molar-refractivity contribution in [2.24, 2.45) is 0 Å². The van der Waals surface area contributed by atoms with Crippen LogP contribution in [0.1, 0.15) is 30.1 Å². The number of rotatable bonds is 3. The highest BCUT2D eigenvalue weighted by atomic mass is 16.1. The lowest BCUT2D eigenvalue weighted by Crippen LogP contribution is -2.34. The van der Waals surface area contributed by atoms with E-state index >= 15 is 0 Å². The van der Waals surface area contributed by atoms with Gasteiger partial charge in [0.25, 0.3) is 5.91 Å². The van der Waals surface area contributed by atoms with Crippen molar-refractivity contribution in [1.82, 2.24) is 10.3 Å². The number of nitrogen functional groups attached to an aromatic ring is 1. The number of amides is 1. The van der Waals surface area contributed by atoms with Gasteiger partial charge in [-0.3, -0.25) is 4.79 Å². The van der Waals surface area contributed by atoms with Gasteiger partial charge in [0.1, 0.15) is 5.82 Å². The van der Waals surface area contributed by atoms with Crippen molar-refractivity contribution in [1.29, 1.82) is 0 Å². The van der Waals surface area contributed by atoms with Crippen LogP contribution in [-0.4, -0.2) is 23.5 Å². The first-order chi connectivity index (χ1) is 7.56. The second-order valence-electron chi connectivity index (χ2n) is 4.39. The van der Waals surface area contributed by atoms with Crippen molar-refractivity contribution in [3.8, 4) is 0 Å². The Hall–Kier alpha value is -1.78. The van der Waals surface area contributed by atoms with Gasteiger partial charge in [-0.05, 0) is 25.8 Å². The van der Waals surface area contributed by atoms with Crippen LogP contribution in [0.4, 0.5) is 11.5 Å². The molecular weight excluding hydrogens is 204 g/mol. The van der Waals surface area contributed by atoms with Gasteiger partial charge in [0.05, 0.1) is 11.3 Å². The Morgan fingerprint density at radius 1 is 1.56 bits per heavy atom. The smallest absolute Gasteiger partial charge is 0.253 e. The molecule has 1 saturated carbocycles. The number of carbonyl (C=O) groups excluding carboxylic acids is 1. The molecule has 0 unspecified atom stereocenters. The Morgan fingerprint density at radius 2 is 2.25 bits per heavy atom. The van der Waals surface area contributed by atoms with Crippen LogP contribution in [0.5, 0.6) is 0 Å². The van der Waals surface area contributed by atoms with Crippen LogP contribution in [0.15, 0.2) is 12.3 Å². The summed E-state index contributed by atoms with van der Waals surface area (Å²) in [6.07, 6.45) is 3.64. The standard InChI is InChI=1S/C11H16N4O/c1-11(4-5-11)15-10(16)7-3-6-14-9(13-2)8(7)12/h3,6H,4-5,12H2,1-2H3,(H,13,14)(H,15,16). The monoisotopic (exact) mass is 220 g/mol. The number of anilines is 2. The molecular formula is C11H16N4O. The molecule has 1 fully saturated rings. The molecule has 1 aromatic rings. The maximum Gasteiger partial charge on any atom is 0.253 e. The molecule has 5 heteroatoms. The predicted molar refractivity (Wildman–Crippen MR) is 63.3 cm³/mol. The molecule has 1 aliphatic carbocycles. The van der Waals surface area contributed by atoms with E-state index in [4.69, 9.17) is 5.73 Å². The highest BCUT2D eigenvalue weighted by molar-refractivity contribution is 6.01. The largest absolute Gasteiger partial charge is 0.395 e. The molecule has 1 aliphatic rings. The number of nitrogens with zero attached hydrogens (tertiary/aromatic N) is 1. The highest BCUT2D eigenvalue weighted by Crippen LogP contribution is 2.35. The third-order valence-corrected chi connectivity index (χ3v) is 2.89. The lowest BCUT2D eigenvalue weighted by atomic mass is 10.2. The lowest BCUT2D eigenvalue weighted by Gasteiger charge is -2.13. The summed E-state index contributed by atoms with van der Waals surface area (Å²) in [6.45, 7) is 2.03. The van der Waals surface area contributed by atoms with Crippen LogP contribution in [-0.2, 0) is 0 Å². The number of carbonyl (C=O) groups is 1. The van der Waals surface area contributed by atoms with E-state index < -0.39 is 0 Å². The average Bonchev–Trinajstić information content (AvgIpc) is 2.96. The summed E-state index contributed by atoms with van der Waals surface area (Å²) in [5.74, 6) is 0.407. The van der Waals surface area contributed by atoms with Crippen molar-refractivity contribution in [3.63, 3.8) is 0 Å². The fraction of sp³-hybridized carbons (Fsp3) is 0.455. The van der Waals surface area contributed by atoms with Gasteiger partial charge in [0.2, 0.25) is 0 Å². The molecule has 1 heterocycles. The summed E-state index contributed by atoms with van der Waals surface area (Å²) >= 11 is 0. The maximum absolute atomic E-state index is 11.9. The SMILES string of the molecule is CNc1nccc(C(=O)NC2(C)CC2)c1N. The molecule has 1 aromatic heterocycles. The van der Waals surface area contributed by atoms with E-state index in [0.717, 1.165) is 12.8 Å². The molecule has 0 aromatic carbocycles. The third kappa shape index (κ3) is 1.93. The van der Waals surface area contributed by atoms with Gasteiger partial charge in [0, 0.05) is 18.8 Å². The molecule has 4 N–H and O–H groups in total. The van der Waals surface area contributed by atoms with E-state index in [1.807, 2.05) is 6.92 Å². The summed E-state index contributed by atoms with van der Waals surface area (Å²) in [4.78, 5) is 16.0. The van der Waals surface area contributed by atoms with E-state index in [1.165, 1.54) is 0 Å². The summed E-state index contributed by atoms with van der Waals surface area (Å²) < 4.78 is 0. The molecule has 0 aliphatic heterocycles. The molecule has 16 heavy (non-hydrogen) atoms. The van der Waals surface area contributed by atoms with Crippen molar-refractivity contribution in [2.75, 3.05) is 18.1 Å². The van der Waals surface area contributed by atoms with Crippen LogP contribution >= 0.6 is 0 Å². The van der Waals surface area contributed by atoms with Crippen LogP contribution in [0.25, 0.3) is 0 Å². The Kier molecular flexibility index (Phi) is 2.46. The molecule has 0 bridgehead atoms. The van der Waals surface area contributed by atoms with Gasteiger partial charge >= 0.3 is 0 Å². The molecule has 0 spiro atoms. The zero-order valence-corrected chi connectivity index (χ0v) is 9.50. The molecule has 0 radical (unpaired) electrons. The number of hydrogen-bond donors (Lipinski definition) is 3. The van der Waals surface area contributed by atoms with Crippen molar-refractivity contribution >= 4 is 17.4 Å². The van der Waals surface area contributed by atoms with E-state index in [1.54, 1.807) is 19.3 Å². The van der Waals surface area contributed by atoms with Gasteiger partial charge in [-0.2, -0.15) is 0 Å². The zero-order chi connectivity index (χ0) is 11.8. The van der Waals surface area contributed by atoms with E-state index in [2.05, 4.69) is 15.6 Å². The van der Waals surface area contributed by atoms with Crippen LogP contribution in [0, 0.1) is 0 Å². The highest BCUT2D eigenvalue weighted by Gasteiger charge is 2.39. The summed E-state index contributed by atoms with van der Waals surface area (Å²) in [5.41, 5.74) is 6.69. The van der Waals surface area contributed by atoms with Crippen molar-refractivity contribution < 1.29 is 4.79 Å². The van der Waals surface area contributed by atoms with Crippen molar-refractivity contribution in [2.45, 2.75) is 25.3 Å². The minimum atomic E-state index is -0.128. The molecule has 0 saturated heterocycles. The number of nitrogens with one attached hydrogen (secondary N) is 2. The number of nitrogens with two attached hydrogens (primary N) is 1. The molecule has 5 nitrogen and oxygen atoms in total. The fourth-order valence-corrected chi connectivity index (χ4v) is 1.52. The van der Waals surface area contributed by atoms with Crippen LogP contribution in [0.2, 0.25) is 0 Å². The number of pyridine rings is 1. The van der Waals surface area contributed by atoms with Gasteiger partial charge in [-0.15, -0.1) is 0 Å². The first kappa shape index (κ1) is 10.7. The number of hydrogen-bond acceptors (Lipinski definition) is 4. The minimum Gasteiger partial charge on any atom is -0.395 e. The minimum absolute atomic E-state index is 0.0351. The van der Waals surface area contributed by atoms with Gasteiger partial charge in [0.15, 0.2) is 0 Å². The quantitative estimate of drug-likeness (QED) is 0.709. The van der Waals surface area contributed by atoms with Crippen molar-refractivity contribution in [3.05, 3.63) is 17.8 Å². The fourth-order valence-electron chi connectivity index (χ4n) is 1.52. The van der Waals surface area contributed by atoms with E-state index in [0.29, 0.717) is 17.1 Å². The van der Waals surface area contributed by atoms with E-state index in [9.17, 15) is 4.79 Å². The normalized spacial score (nSPS) is 16.6.